The number of rotatable bonds is 7. The average Bonchev–Trinajstić information content (AvgIpc) is 2.42. The van der Waals surface area contributed by atoms with E-state index < -0.39 is 9.84 Å². The minimum atomic E-state index is -3.21. The zero-order valence-electron chi connectivity index (χ0n) is 14.1. The predicted octanol–water partition coefficient (Wildman–Crippen LogP) is 3.62. The second-order valence-electron chi connectivity index (χ2n) is 6.46. The third-order valence-corrected chi connectivity index (χ3v) is 4.90. The van der Waals surface area contributed by atoms with Crippen LogP contribution >= 0.6 is 0 Å². The first-order valence-electron chi connectivity index (χ1n) is 7.47. The molecule has 1 aromatic carbocycles. The fourth-order valence-electron chi connectivity index (χ4n) is 2.40. The molecule has 0 radical (unpaired) electrons. The van der Waals surface area contributed by atoms with E-state index >= 15 is 0 Å². The molecule has 1 rings (SSSR count). The van der Waals surface area contributed by atoms with Crippen molar-refractivity contribution in [1.82, 2.24) is 5.32 Å². The molecule has 0 atom stereocenters. The van der Waals surface area contributed by atoms with Gasteiger partial charge < -0.3 is 5.32 Å². The van der Waals surface area contributed by atoms with Crippen molar-refractivity contribution in [3.8, 4) is 0 Å². The van der Waals surface area contributed by atoms with Gasteiger partial charge in [0.2, 0.25) is 0 Å². The van der Waals surface area contributed by atoms with Gasteiger partial charge in [0, 0.05) is 0 Å². The number of nitrogens with one attached hydrogen (secondary N) is 1. The summed E-state index contributed by atoms with van der Waals surface area (Å²) < 4.78 is 24.2. The summed E-state index contributed by atoms with van der Waals surface area (Å²) in [6, 6.07) is 5.92. The van der Waals surface area contributed by atoms with Gasteiger partial charge in [-0.05, 0) is 34.2 Å². The minimum Gasteiger partial charge on any atom is -0.304 e. The Hall–Kier alpha value is -1.39. The fraction of sp³-hybridized carbons (Fsp3) is 0.444. The van der Waals surface area contributed by atoms with Crippen molar-refractivity contribution < 1.29 is 8.42 Å². The smallest absolute Gasteiger partial charge is 0.167 e. The molecule has 0 aliphatic rings. The third-order valence-electron chi connectivity index (χ3n) is 3.47. The molecule has 4 heteroatoms. The highest BCUT2D eigenvalue weighted by Gasteiger charge is 2.21. The molecule has 0 amide bonds. The maximum Gasteiger partial charge on any atom is 0.167 e. The molecule has 1 N–H and O–H groups in total. The van der Waals surface area contributed by atoms with Crippen LogP contribution in [-0.4, -0.2) is 26.6 Å². The lowest BCUT2D eigenvalue weighted by atomic mass is 9.81. The van der Waals surface area contributed by atoms with Crippen LogP contribution in [0.15, 0.2) is 31.4 Å². The molecule has 0 bridgehead atoms. The van der Waals surface area contributed by atoms with Gasteiger partial charge in [-0.15, -0.1) is 0 Å². The lowest BCUT2D eigenvalue weighted by Crippen LogP contribution is -2.25. The molecule has 0 fully saturated rings. The summed E-state index contributed by atoms with van der Waals surface area (Å²) >= 11 is 0. The first-order chi connectivity index (χ1) is 10.1. The van der Waals surface area contributed by atoms with E-state index in [0.29, 0.717) is 12.1 Å². The monoisotopic (exact) mass is 321 g/mol. The van der Waals surface area contributed by atoms with Crippen molar-refractivity contribution >= 4 is 21.5 Å². The number of benzene rings is 1. The molecule has 1 aromatic rings. The van der Waals surface area contributed by atoms with Gasteiger partial charge >= 0.3 is 0 Å². The first kappa shape index (κ1) is 18.7. The summed E-state index contributed by atoms with van der Waals surface area (Å²) in [4.78, 5) is 0. The van der Waals surface area contributed by atoms with Gasteiger partial charge in [0.15, 0.2) is 9.84 Å². The van der Waals surface area contributed by atoms with Crippen LogP contribution < -0.4 is 5.32 Å². The van der Waals surface area contributed by atoms with Crippen molar-refractivity contribution in [3.63, 3.8) is 0 Å². The summed E-state index contributed by atoms with van der Waals surface area (Å²) in [7, 11) is -3.21. The molecule has 0 aliphatic heterocycles. The number of hydrogen-bond donors (Lipinski definition) is 1. The highest BCUT2D eigenvalue weighted by molar-refractivity contribution is 7.91. The Labute approximate surface area is 135 Å². The van der Waals surface area contributed by atoms with Crippen molar-refractivity contribution in [1.29, 1.82) is 0 Å². The van der Waals surface area contributed by atoms with Crippen molar-refractivity contribution in [3.05, 3.63) is 48.0 Å². The summed E-state index contributed by atoms with van der Waals surface area (Å²) in [5.41, 5.74) is 3.55. The molecule has 3 nitrogen and oxygen atoms in total. The van der Waals surface area contributed by atoms with Crippen LogP contribution in [0, 0.1) is 0 Å². The maximum atomic E-state index is 12.1. The van der Waals surface area contributed by atoms with E-state index in [1.807, 2.05) is 19.1 Å². The highest BCUT2D eigenvalue weighted by atomic mass is 32.2. The fourth-order valence-corrected chi connectivity index (χ4v) is 3.70. The number of sulfone groups is 1. The average molecular weight is 321 g/mol. The molecule has 0 saturated carbocycles. The Morgan fingerprint density at radius 3 is 2.45 bits per heavy atom. The zero-order valence-corrected chi connectivity index (χ0v) is 14.9. The van der Waals surface area contributed by atoms with E-state index in [0.717, 1.165) is 16.7 Å². The van der Waals surface area contributed by atoms with Gasteiger partial charge in [-0.3, -0.25) is 0 Å². The number of hydrogen-bond acceptors (Lipinski definition) is 3. The lowest BCUT2D eigenvalue weighted by molar-refractivity contribution is 0.589. The molecule has 22 heavy (non-hydrogen) atoms. The maximum absolute atomic E-state index is 12.1. The summed E-state index contributed by atoms with van der Waals surface area (Å²) in [5.74, 6) is -0.0701. The molecule has 0 heterocycles. The van der Waals surface area contributed by atoms with E-state index in [1.54, 1.807) is 6.08 Å². The molecule has 0 spiro atoms. The second kappa shape index (κ2) is 7.25. The summed E-state index contributed by atoms with van der Waals surface area (Å²) in [5, 5.41) is 2.86. The van der Waals surface area contributed by atoms with E-state index in [-0.39, 0.29) is 17.0 Å². The zero-order chi connectivity index (χ0) is 17.0. The Kier molecular flexibility index (Phi) is 6.15. The predicted molar refractivity (Wildman–Crippen MR) is 96.6 cm³/mol. The Balaban J connectivity index is 3.17. The van der Waals surface area contributed by atoms with Gasteiger partial charge in [0.1, 0.15) is 0 Å². The Bertz CT molecular complexity index is 652. The molecular weight excluding hydrogens is 294 g/mol. The lowest BCUT2D eigenvalue weighted by Gasteiger charge is -2.24. The standard InChI is InChI=1S/C18H27NO2S/c1-7-15-16(10-9-11-17(15)18(4,5)6)14(3)12-22(20,21)13-19-8-2/h7,9-11,19H,1,3,8,12-13H2,2,4-6H3. The van der Waals surface area contributed by atoms with Crippen LogP contribution in [0.25, 0.3) is 11.6 Å². The van der Waals surface area contributed by atoms with Gasteiger partial charge in [-0.2, -0.15) is 0 Å². The summed E-state index contributed by atoms with van der Waals surface area (Å²) in [6.07, 6.45) is 1.79. The van der Waals surface area contributed by atoms with E-state index in [2.05, 4.69) is 45.3 Å². The van der Waals surface area contributed by atoms with Gasteiger partial charge in [0.05, 0.1) is 11.6 Å². The second-order valence-corrected chi connectivity index (χ2v) is 8.52. The highest BCUT2D eigenvalue weighted by Crippen LogP contribution is 2.31. The molecule has 0 aromatic heterocycles. The van der Waals surface area contributed by atoms with E-state index in [1.165, 1.54) is 0 Å². The molecule has 0 saturated heterocycles. The van der Waals surface area contributed by atoms with Crippen molar-refractivity contribution in [2.75, 3.05) is 18.2 Å². The van der Waals surface area contributed by atoms with Crippen molar-refractivity contribution in [2.24, 2.45) is 0 Å². The van der Waals surface area contributed by atoms with Crippen molar-refractivity contribution in [2.45, 2.75) is 33.1 Å². The van der Waals surface area contributed by atoms with Crippen LogP contribution in [0.3, 0.4) is 0 Å². The van der Waals surface area contributed by atoms with Crippen LogP contribution in [0.1, 0.15) is 44.4 Å². The molecular formula is C18H27NO2S. The first-order valence-corrected chi connectivity index (χ1v) is 9.29. The van der Waals surface area contributed by atoms with E-state index in [9.17, 15) is 8.42 Å². The molecule has 122 valence electrons. The largest absolute Gasteiger partial charge is 0.304 e. The SMILES string of the molecule is C=Cc1c(C(=C)CS(=O)(=O)CNCC)cccc1C(C)(C)C. The van der Waals surface area contributed by atoms with Gasteiger partial charge in [-0.1, -0.05) is 65.1 Å². The quantitative estimate of drug-likeness (QED) is 0.834. The Morgan fingerprint density at radius 2 is 1.95 bits per heavy atom. The third kappa shape index (κ3) is 4.82. The van der Waals surface area contributed by atoms with Crippen LogP contribution in [0.4, 0.5) is 0 Å². The van der Waals surface area contributed by atoms with Gasteiger partial charge in [-0.25, -0.2) is 8.42 Å². The van der Waals surface area contributed by atoms with E-state index in [4.69, 9.17) is 0 Å². The normalized spacial score (nSPS) is 12.2. The van der Waals surface area contributed by atoms with Gasteiger partial charge in [0.25, 0.3) is 0 Å². The molecule has 0 unspecified atom stereocenters. The topological polar surface area (TPSA) is 46.2 Å². The van der Waals surface area contributed by atoms with Crippen LogP contribution in [-0.2, 0) is 15.3 Å². The Morgan fingerprint density at radius 1 is 1.32 bits per heavy atom. The van der Waals surface area contributed by atoms with Crippen LogP contribution in [0.5, 0.6) is 0 Å². The minimum absolute atomic E-state index is 0.0229. The summed E-state index contributed by atoms with van der Waals surface area (Å²) in [6.45, 7) is 16.8. The molecule has 0 aliphatic carbocycles. The van der Waals surface area contributed by atoms with Crippen LogP contribution in [0.2, 0.25) is 0 Å².